The molecule has 1 aromatic carbocycles. The summed E-state index contributed by atoms with van der Waals surface area (Å²) in [5.74, 6) is 0. The van der Waals surface area contributed by atoms with Crippen molar-refractivity contribution in [3.05, 3.63) is 59.8 Å². The van der Waals surface area contributed by atoms with Gasteiger partial charge in [0.05, 0.1) is 15.9 Å². The van der Waals surface area contributed by atoms with Gasteiger partial charge in [0, 0.05) is 22.4 Å². The molecule has 0 spiro atoms. The fraction of sp³-hybridized carbons (Fsp3) is 0.231. The van der Waals surface area contributed by atoms with E-state index in [2.05, 4.69) is 5.32 Å². The van der Waals surface area contributed by atoms with Crippen molar-refractivity contribution >= 4 is 28.4 Å². The summed E-state index contributed by atoms with van der Waals surface area (Å²) in [4.78, 5) is 22.7. The lowest BCUT2D eigenvalue weighted by atomic mass is 10.2. The van der Waals surface area contributed by atoms with Gasteiger partial charge in [-0.25, -0.2) is 0 Å². The van der Waals surface area contributed by atoms with Crippen LogP contribution >= 0.6 is 11.3 Å². The van der Waals surface area contributed by atoms with Crippen molar-refractivity contribution in [3.8, 4) is 0 Å². The Bertz CT molecular complexity index is 692. The van der Waals surface area contributed by atoms with Gasteiger partial charge in [0.2, 0.25) is 0 Å². The lowest BCUT2D eigenvalue weighted by molar-refractivity contribution is -0.393. The highest BCUT2D eigenvalue weighted by Crippen LogP contribution is 2.30. The maximum absolute atomic E-state index is 11.0. The van der Waals surface area contributed by atoms with Crippen LogP contribution in [0.25, 0.3) is 0 Å². The first-order valence-electron chi connectivity index (χ1n) is 6.11. The van der Waals surface area contributed by atoms with Gasteiger partial charge in [0.15, 0.2) is 0 Å². The fourth-order valence-corrected chi connectivity index (χ4v) is 2.85. The summed E-state index contributed by atoms with van der Waals surface area (Å²) in [7, 11) is 0. The van der Waals surface area contributed by atoms with Gasteiger partial charge < -0.3 is 5.32 Å². The van der Waals surface area contributed by atoms with E-state index in [1.165, 1.54) is 22.6 Å². The zero-order chi connectivity index (χ0) is 15.6. The molecule has 21 heavy (non-hydrogen) atoms. The first kappa shape index (κ1) is 14.9. The molecule has 2 aromatic rings. The molecule has 110 valence electrons. The van der Waals surface area contributed by atoms with E-state index in [1.807, 2.05) is 19.9 Å². The van der Waals surface area contributed by atoms with Gasteiger partial charge in [-0.1, -0.05) is 0 Å². The number of nitro benzene ring substituents is 2. The Labute approximate surface area is 124 Å². The van der Waals surface area contributed by atoms with Crippen LogP contribution in [0.5, 0.6) is 0 Å². The number of nitrogens with one attached hydrogen (secondary N) is 1. The first-order valence-corrected chi connectivity index (χ1v) is 6.92. The van der Waals surface area contributed by atoms with E-state index in [-0.39, 0.29) is 17.1 Å². The zero-order valence-corrected chi connectivity index (χ0v) is 12.3. The predicted molar refractivity (Wildman–Crippen MR) is 80.9 cm³/mol. The van der Waals surface area contributed by atoms with Crippen LogP contribution < -0.4 is 5.32 Å². The van der Waals surface area contributed by atoms with Crippen molar-refractivity contribution in [1.29, 1.82) is 0 Å². The minimum Gasteiger partial charge on any atom is -0.375 e. The molecule has 0 amide bonds. The Balaban J connectivity index is 2.23. The maximum atomic E-state index is 11.0. The molecule has 1 heterocycles. The minimum atomic E-state index is -0.650. The Morgan fingerprint density at radius 3 is 2.38 bits per heavy atom. The molecule has 1 N–H and O–H groups in total. The highest BCUT2D eigenvalue weighted by molar-refractivity contribution is 7.12. The minimum absolute atomic E-state index is 0.273. The standard InChI is InChI=1S/C13H13N3O4S/c1-8-5-11(21-9(8)2)7-14-12-4-3-10(15(17)18)6-13(12)16(19)20/h3-6,14H,7H2,1-2H3. The quantitative estimate of drug-likeness (QED) is 0.669. The molecule has 0 aliphatic rings. The molecule has 0 bridgehead atoms. The van der Waals surface area contributed by atoms with Gasteiger partial charge in [0.25, 0.3) is 11.4 Å². The summed E-state index contributed by atoms with van der Waals surface area (Å²) in [5.41, 5.74) is 0.855. The highest BCUT2D eigenvalue weighted by atomic mass is 32.1. The molecule has 0 unspecified atom stereocenters. The molecule has 0 saturated carbocycles. The second kappa shape index (κ2) is 5.88. The summed E-state index contributed by atoms with van der Waals surface area (Å²) in [6.07, 6.45) is 0. The fourth-order valence-electron chi connectivity index (χ4n) is 1.85. The van der Waals surface area contributed by atoms with Crippen LogP contribution in [0, 0.1) is 34.1 Å². The summed E-state index contributed by atoms with van der Waals surface area (Å²) >= 11 is 1.62. The average Bonchev–Trinajstić information content (AvgIpc) is 2.75. The second-order valence-electron chi connectivity index (χ2n) is 4.52. The number of aryl methyl sites for hydroxylation is 2. The molecule has 8 heteroatoms. The lowest BCUT2D eigenvalue weighted by Gasteiger charge is -2.05. The molecule has 0 saturated heterocycles. The van der Waals surface area contributed by atoms with Crippen LogP contribution in [0.3, 0.4) is 0 Å². The molecule has 0 radical (unpaired) electrons. The van der Waals surface area contributed by atoms with Crippen molar-refractivity contribution in [2.24, 2.45) is 0 Å². The molecule has 1 aromatic heterocycles. The van der Waals surface area contributed by atoms with Crippen molar-refractivity contribution in [1.82, 2.24) is 0 Å². The van der Waals surface area contributed by atoms with Gasteiger partial charge in [-0.15, -0.1) is 11.3 Å². The van der Waals surface area contributed by atoms with Crippen molar-refractivity contribution in [3.63, 3.8) is 0 Å². The van der Waals surface area contributed by atoms with Crippen LogP contribution in [-0.4, -0.2) is 9.85 Å². The number of non-ortho nitro benzene ring substituents is 1. The number of rotatable bonds is 5. The van der Waals surface area contributed by atoms with E-state index in [4.69, 9.17) is 0 Å². The van der Waals surface area contributed by atoms with Crippen LogP contribution in [0.4, 0.5) is 17.1 Å². The van der Waals surface area contributed by atoms with E-state index < -0.39 is 9.85 Å². The SMILES string of the molecule is Cc1cc(CNc2ccc([N+](=O)[O-])cc2[N+](=O)[O-])sc1C. The van der Waals surface area contributed by atoms with E-state index in [0.29, 0.717) is 6.54 Å². The molecular formula is C13H13N3O4S. The molecule has 2 rings (SSSR count). The number of hydrogen-bond acceptors (Lipinski definition) is 6. The Kier molecular flexibility index (Phi) is 4.18. The third-order valence-electron chi connectivity index (χ3n) is 3.06. The van der Waals surface area contributed by atoms with E-state index in [9.17, 15) is 20.2 Å². The summed E-state index contributed by atoms with van der Waals surface area (Å²) in [5, 5.41) is 24.6. The van der Waals surface area contributed by atoms with Gasteiger partial charge in [0.1, 0.15) is 5.69 Å². The third kappa shape index (κ3) is 3.34. The third-order valence-corrected chi connectivity index (χ3v) is 4.21. The van der Waals surface area contributed by atoms with Crippen LogP contribution in [0.2, 0.25) is 0 Å². The summed E-state index contributed by atoms with van der Waals surface area (Å²) < 4.78 is 0. The van der Waals surface area contributed by atoms with Crippen molar-refractivity contribution < 1.29 is 9.85 Å². The maximum Gasteiger partial charge on any atom is 0.299 e. The number of hydrogen-bond donors (Lipinski definition) is 1. The largest absolute Gasteiger partial charge is 0.375 e. The Hall–Kier alpha value is -2.48. The van der Waals surface area contributed by atoms with Crippen molar-refractivity contribution in [2.75, 3.05) is 5.32 Å². The topological polar surface area (TPSA) is 98.3 Å². The van der Waals surface area contributed by atoms with Gasteiger partial charge in [-0.2, -0.15) is 0 Å². The van der Waals surface area contributed by atoms with E-state index >= 15 is 0 Å². The first-order chi connectivity index (χ1) is 9.88. The average molecular weight is 307 g/mol. The predicted octanol–water partition coefficient (Wildman–Crippen LogP) is 3.79. The number of nitrogens with zero attached hydrogens (tertiary/aromatic N) is 2. The van der Waals surface area contributed by atoms with Gasteiger partial charge in [-0.3, -0.25) is 20.2 Å². The van der Waals surface area contributed by atoms with Gasteiger partial charge in [-0.05, 0) is 31.5 Å². The van der Waals surface area contributed by atoms with E-state index in [0.717, 1.165) is 10.9 Å². The smallest absolute Gasteiger partial charge is 0.299 e. The second-order valence-corrected chi connectivity index (χ2v) is 5.86. The summed E-state index contributed by atoms with van der Waals surface area (Å²) in [6, 6.07) is 5.60. The van der Waals surface area contributed by atoms with Crippen molar-refractivity contribution in [2.45, 2.75) is 20.4 Å². The van der Waals surface area contributed by atoms with Crippen LogP contribution in [0.1, 0.15) is 15.3 Å². The van der Waals surface area contributed by atoms with E-state index in [1.54, 1.807) is 11.3 Å². The molecule has 0 aliphatic heterocycles. The molecule has 0 atom stereocenters. The van der Waals surface area contributed by atoms with Crippen LogP contribution in [0.15, 0.2) is 24.3 Å². The van der Waals surface area contributed by atoms with Gasteiger partial charge >= 0.3 is 0 Å². The van der Waals surface area contributed by atoms with Crippen LogP contribution in [-0.2, 0) is 6.54 Å². The molecular weight excluding hydrogens is 294 g/mol. The monoisotopic (exact) mass is 307 g/mol. The highest BCUT2D eigenvalue weighted by Gasteiger charge is 2.19. The zero-order valence-electron chi connectivity index (χ0n) is 11.5. The molecule has 7 nitrogen and oxygen atoms in total. The number of anilines is 1. The number of benzene rings is 1. The Morgan fingerprint density at radius 1 is 1.14 bits per heavy atom. The number of nitro groups is 2. The summed E-state index contributed by atoms with van der Waals surface area (Å²) in [6.45, 7) is 4.46. The Morgan fingerprint density at radius 2 is 1.86 bits per heavy atom. The molecule has 0 aliphatic carbocycles. The normalized spacial score (nSPS) is 10.4. The lowest BCUT2D eigenvalue weighted by Crippen LogP contribution is -2.02. The number of thiophene rings is 1. The molecule has 0 fully saturated rings.